The maximum absolute atomic E-state index is 4.84. The smallest absolute Gasteiger partial charge is 0.229 e. The third-order valence-corrected chi connectivity index (χ3v) is 7.34. The van der Waals surface area contributed by atoms with Gasteiger partial charge in [-0.3, -0.25) is 0 Å². The predicted molar refractivity (Wildman–Crippen MR) is 119 cm³/mol. The van der Waals surface area contributed by atoms with E-state index in [-0.39, 0.29) is 0 Å². The van der Waals surface area contributed by atoms with Crippen LogP contribution in [0.5, 0.6) is 0 Å². The Balaban J connectivity index is 1.20. The minimum atomic E-state index is 0.506. The van der Waals surface area contributed by atoms with Crippen LogP contribution in [0.3, 0.4) is 0 Å². The molecule has 0 radical (unpaired) electrons. The molecular weight excluding hydrogens is 374 g/mol. The molecule has 0 amide bonds. The van der Waals surface area contributed by atoms with Crippen molar-refractivity contribution in [1.82, 2.24) is 24.6 Å². The summed E-state index contributed by atoms with van der Waals surface area (Å²) in [5.74, 6) is 2.30. The molecule has 7 heteroatoms. The minimum absolute atomic E-state index is 0.506. The lowest BCUT2D eigenvalue weighted by Gasteiger charge is -2.34. The van der Waals surface area contributed by atoms with Crippen LogP contribution in [0, 0.1) is 11.8 Å². The van der Waals surface area contributed by atoms with Gasteiger partial charge in [-0.05, 0) is 62.4 Å². The maximum Gasteiger partial charge on any atom is 0.229 e. The highest BCUT2D eigenvalue weighted by atomic mass is 15.3. The lowest BCUT2D eigenvalue weighted by molar-refractivity contribution is 0.313. The molecule has 3 atom stereocenters. The molecule has 3 heterocycles. The third kappa shape index (κ3) is 3.21. The molecule has 0 spiro atoms. The fraction of sp³-hybridized carbons (Fsp3) is 0.522. The summed E-state index contributed by atoms with van der Waals surface area (Å²) < 4.78 is 2.17. The number of piperazine rings is 1. The fourth-order valence-corrected chi connectivity index (χ4v) is 5.60. The van der Waals surface area contributed by atoms with Gasteiger partial charge in [-0.15, -0.1) is 0 Å². The van der Waals surface area contributed by atoms with Crippen molar-refractivity contribution >= 4 is 28.4 Å². The molecule has 3 fully saturated rings. The number of fused-ring (bicyclic) bond motifs is 3. The van der Waals surface area contributed by atoms with Crippen LogP contribution < -0.4 is 10.2 Å². The molecule has 2 aromatic heterocycles. The van der Waals surface area contributed by atoms with Crippen molar-refractivity contribution in [3.8, 4) is 0 Å². The van der Waals surface area contributed by atoms with Gasteiger partial charge < -0.3 is 15.1 Å². The zero-order chi connectivity index (χ0) is 20.1. The number of nitrogens with one attached hydrogen (secondary N) is 1. The number of aromatic nitrogens is 4. The van der Waals surface area contributed by atoms with Crippen LogP contribution >= 0.6 is 0 Å². The first-order valence-electron chi connectivity index (χ1n) is 11.2. The molecule has 2 bridgehead atoms. The van der Waals surface area contributed by atoms with Crippen LogP contribution in [0.25, 0.3) is 11.0 Å². The molecule has 30 heavy (non-hydrogen) atoms. The largest absolute Gasteiger partial charge is 0.369 e. The first-order valence-corrected chi connectivity index (χ1v) is 11.2. The van der Waals surface area contributed by atoms with Gasteiger partial charge >= 0.3 is 0 Å². The van der Waals surface area contributed by atoms with E-state index < -0.39 is 0 Å². The Morgan fingerprint density at radius 2 is 1.80 bits per heavy atom. The van der Waals surface area contributed by atoms with E-state index in [1.807, 2.05) is 12.4 Å². The molecule has 3 aliphatic rings. The summed E-state index contributed by atoms with van der Waals surface area (Å²) in [7, 11) is 2.18. The van der Waals surface area contributed by atoms with Gasteiger partial charge in [-0.1, -0.05) is 6.42 Å². The second-order valence-corrected chi connectivity index (χ2v) is 9.27. The van der Waals surface area contributed by atoms with Crippen LogP contribution in [0.2, 0.25) is 0 Å². The van der Waals surface area contributed by atoms with E-state index in [0.717, 1.165) is 54.7 Å². The number of likely N-dealkylation sites (N-methyl/N-ethyl adjacent to an activating group) is 1. The summed E-state index contributed by atoms with van der Waals surface area (Å²) in [6, 6.07) is 9.12. The average molecular weight is 404 g/mol. The van der Waals surface area contributed by atoms with Crippen LogP contribution in [-0.2, 0) is 0 Å². The van der Waals surface area contributed by atoms with Crippen molar-refractivity contribution in [2.45, 2.75) is 31.7 Å². The quantitative estimate of drug-likeness (QED) is 0.717. The number of hydrogen-bond donors (Lipinski definition) is 1. The number of hydrogen-bond acceptors (Lipinski definition) is 6. The Bertz CT molecular complexity index is 1040. The van der Waals surface area contributed by atoms with E-state index in [9.17, 15) is 0 Å². The van der Waals surface area contributed by atoms with Gasteiger partial charge in [0.2, 0.25) is 5.95 Å². The number of benzene rings is 1. The topological polar surface area (TPSA) is 62.1 Å². The molecule has 1 saturated heterocycles. The Labute approximate surface area is 177 Å². The summed E-state index contributed by atoms with van der Waals surface area (Å²) in [5, 5.41) is 9.10. The average Bonchev–Trinajstić information content (AvgIpc) is 3.50. The molecule has 3 aromatic rings. The number of nitrogens with zero attached hydrogens (tertiary/aromatic N) is 6. The van der Waals surface area contributed by atoms with Crippen molar-refractivity contribution in [3.63, 3.8) is 0 Å². The highest BCUT2D eigenvalue weighted by Crippen LogP contribution is 2.50. The van der Waals surface area contributed by atoms with E-state index in [4.69, 9.17) is 10.1 Å². The van der Waals surface area contributed by atoms with E-state index in [1.165, 1.54) is 31.4 Å². The highest BCUT2D eigenvalue weighted by Gasteiger charge is 2.41. The molecule has 2 aliphatic carbocycles. The molecule has 6 rings (SSSR count). The van der Waals surface area contributed by atoms with Gasteiger partial charge in [-0.2, -0.15) is 10.1 Å². The van der Waals surface area contributed by atoms with Gasteiger partial charge in [0, 0.05) is 43.8 Å². The van der Waals surface area contributed by atoms with Crippen molar-refractivity contribution in [2.75, 3.05) is 43.4 Å². The van der Waals surface area contributed by atoms with Crippen LogP contribution in [0.1, 0.15) is 31.7 Å². The molecular formula is C23H29N7. The highest BCUT2D eigenvalue weighted by molar-refractivity contribution is 5.75. The molecule has 1 aliphatic heterocycles. The summed E-state index contributed by atoms with van der Waals surface area (Å²) in [5.41, 5.74) is 3.25. The molecule has 3 unspecified atom stereocenters. The Hall–Kier alpha value is -2.67. The Morgan fingerprint density at radius 1 is 0.967 bits per heavy atom. The van der Waals surface area contributed by atoms with Gasteiger partial charge in [-0.25, -0.2) is 9.67 Å². The Morgan fingerprint density at radius 3 is 2.53 bits per heavy atom. The first kappa shape index (κ1) is 18.1. The standard InChI is InChI=1S/C23H29N7/c1-28-8-10-29(11-9-28)20-6-4-19(5-7-20)26-23-24-14-18-15-25-30(22(18)27-23)21-13-16-2-3-17(21)12-16/h4-7,14-17,21H,2-3,8-13H2,1H3,(H,24,26,27). The van der Waals surface area contributed by atoms with Crippen molar-refractivity contribution < 1.29 is 0 Å². The monoisotopic (exact) mass is 403 g/mol. The molecule has 1 N–H and O–H groups in total. The van der Waals surface area contributed by atoms with Gasteiger partial charge in [0.1, 0.15) is 0 Å². The Kier molecular flexibility index (Phi) is 4.37. The predicted octanol–water partition coefficient (Wildman–Crippen LogP) is 3.68. The fourth-order valence-electron chi connectivity index (χ4n) is 5.60. The number of anilines is 3. The SMILES string of the molecule is CN1CCN(c2ccc(Nc3ncc4cnn(C5CC6CCC5C6)c4n3)cc2)CC1. The van der Waals surface area contributed by atoms with Gasteiger partial charge in [0.25, 0.3) is 0 Å². The summed E-state index contributed by atoms with van der Waals surface area (Å²) in [4.78, 5) is 14.2. The van der Waals surface area contributed by atoms with Crippen LogP contribution in [-0.4, -0.2) is 57.9 Å². The third-order valence-electron chi connectivity index (χ3n) is 7.34. The lowest BCUT2D eigenvalue weighted by Crippen LogP contribution is -2.44. The van der Waals surface area contributed by atoms with E-state index >= 15 is 0 Å². The van der Waals surface area contributed by atoms with Crippen molar-refractivity contribution in [3.05, 3.63) is 36.7 Å². The molecule has 1 aromatic carbocycles. The second-order valence-electron chi connectivity index (χ2n) is 9.27. The second kappa shape index (κ2) is 7.23. The van der Waals surface area contributed by atoms with E-state index in [0.29, 0.717) is 12.0 Å². The minimum Gasteiger partial charge on any atom is -0.369 e. The van der Waals surface area contributed by atoms with E-state index in [1.54, 1.807) is 0 Å². The maximum atomic E-state index is 4.84. The first-order chi connectivity index (χ1) is 14.7. The van der Waals surface area contributed by atoms with Gasteiger partial charge in [0.05, 0.1) is 17.6 Å². The molecule has 2 saturated carbocycles. The van der Waals surface area contributed by atoms with Crippen LogP contribution in [0.15, 0.2) is 36.7 Å². The van der Waals surface area contributed by atoms with Gasteiger partial charge in [0.15, 0.2) is 5.65 Å². The van der Waals surface area contributed by atoms with E-state index in [2.05, 4.69) is 56.1 Å². The van der Waals surface area contributed by atoms with Crippen molar-refractivity contribution in [1.29, 1.82) is 0 Å². The molecule has 156 valence electrons. The normalized spacial score (nSPS) is 26.6. The lowest BCUT2D eigenvalue weighted by atomic mass is 9.95. The zero-order valence-corrected chi connectivity index (χ0v) is 17.5. The van der Waals surface area contributed by atoms with Crippen molar-refractivity contribution in [2.24, 2.45) is 11.8 Å². The number of rotatable bonds is 4. The summed E-state index contributed by atoms with van der Waals surface area (Å²) >= 11 is 0. The van der Waals surface area contributed by atoms with Crippen LogP contribution in [0.4, 0.5) is 17.3 Å². The zero-order valence-electron chi connectivity index (χ0n) is 17.5. The summed E-state index contributed by atoms with van der Waals surface area (Å²) in [6.45, 7) is 4.39. The summed E-state index contributed by atoms with van der Waals surface area (Å²) in [6.07, 6.45) is 9.15. The molecule has 7 nitrogen and oxygen atoms in total.